The summed E-state index contributed by atoms with van der Waals surface area (Å²) in [5.41, 5.74) is 0.521. The largest absolute Gasteiger partial charge is 0.507 e. The van der Waals surface area contributed by atoms with Crippen molar-refractivity contribution in [3.63, 3.8) is 0 Å². The molecular formula is C20H16FN5O7S2. The molecule has 15 heteroatoms. The van der Waals surface area contributed by atoms with Crippen LogP contribution in [-0.4, -0.2) is 53.0 Å². The fourth-order valence-electron chi connectivity index (χ4n) is 3.19. The number of hydrogen-bond acceptors (Lipinski definition) is 10. The minimum atomic E-state index is -4.57. The normalized spacial score (nSPS) is 12.0. The van der Waals surface area contributed by atoms with Crippen LogP contribution in [0.25, 0.3) is 10.8 Å². The average molecular weight is 522 g/mol. The van der Waals surface area contributed by atoms with Crippen LogP contribution >= 0.6 is 0 Å². The van der Waals surface area contributed by atoms with Crippen molar-refractivity contribution >= 4 is 54.3 Å². The maximum atomic E-state index is 14.2. The fraction of sp³-hybridized carbons (Fsp3) is 0.0500. The Morgan fingerprint density at radius 2 is 1.60 bits per heavy atom. The molecule has 4 rings (SSSR count). The Bertz CT molecular complexity index is 1680. The molecule has 35 heavy (non-hydrogen) atoms. The van der Waals surface area contributed by atoms with E-state index >= 15 is 0 Å². The first-order valence-electron chi connectivity index (χ1n) is 9.55. The lowest BCUT2D eigenvalue weighted by atomic mass is 10.1. The molecule has 0 fully saturated rings. The van der Waals surface area contributed by atoms with Gasteiger partial charge in [-0.2, -0.15) is 36.2 Å². The molecule has 0 saturated carbocycles. The lowest BCUT2D eigenvalue weighted by Crippen LogP contribution is -2.16. The van der Waals surface area contributed by atoms with Crippen LogP contribution in [-0.2, 0) is 20.2 Å². The summed E-state index contributed by atoms with van der Waals surface area (Å²) in [6, 6.07) is 11.6. The number of fused-ring (bicyclic) bond motifs is 1. The number of nitrogens with one attached hydrogen (secondary N) is 1. The van der Waals surface area contributed by atoms with Gasteiger partial charge in [0.15, 0.2) is 0 Å². The summed E-state index contributed by atoms with van der Waals surface area (Å²) < 4.78 is 78.3. The second-order valence-electron chi connectivity index (χ2n) is 7.24. The molecular weight excluding hydrogens is 505 g/mol. The van der Waals surface area contributed by atoms with Gasteiger partial charge < -0.3 is 15.3 Å². The molecule has 0 bridgehead atoms. The Hall–Kier alpha value is -3.92. The highest BCUT2D eigenvalue weighted by molar-refractivity contribution is 7.86. The van der Waals surface area contributed by atoms with Crippen LogP contribution in [0.4, 0.5) is 27.7 Å². The van der Waals surface area contributed by atoms with Crippen LogP contribution in [0.3, 0.4) is 0 Å². The number of nitrogens with zero attached hydrogens (tertiary/aromatic N) is 4. The molecule has 0 unspecified atom stereocenters. The van der Waals surface area contributed by atoms with Gasteiger partial charge in [0, 0.05) is 29.9 Å². The second-order valence-corrected chi connectivity index (χ2v) is 10.1. The Kier molecular flexibility index (Phi) is 6.02. The topological polar surface area (TPSA) is 183 Å². The van der Waals surface area contributed by atoms with Crippen molar-refractivity contribution < 1.29 is 35.4 Å². The molecule has 1 heterocycles. The highest BCUT2D eigenvalue weighted by atomic mass is 32.2. The van der Waals surface area contributed by atoms with Gasteiger partial charge in [-0.15, -0.1) is 0 Å². The lowest BCUT2D eigenvalue weighted by molar-refractivity contribution is 0.471. The molecule has 0 radical (unpaired) electrons. The summed E-state index contributed by atoms with van der Waals surface area (Å²) in [5, 5.41) is 13.3. The van der Waals surface area contributed by atoms with Gasteiger partial charge >= 0.3 is 6.08 Å². The van der Waals surface area contributed by atoms with E-state index in [1.807, 2.05) is 0 Å². The predicted molar refractivity (Wildman–Crippen MR) is 123 cm³/mol. The quantitative estimate of drug-likeness (QED) is 0.273. The Morgan fingerprint density at radius 3 is 2.29 bits per heavy atom. The van der Waals surface area contributed by atoms with Crippen LogP contribution in [0.1, 0.15) is 0 Å². The lowest BCUT2D eigenvalue weighted by Gasteiger charge is -2.18. The molecule has 0 aliphatic rings. The van der Waals surface area contributed by atoms with Crippen molar-refractivity contribution in [2.24, 2.45) is 0 Å². The van der Waals surface area contributed by atoms with Gasteiger partial charge in [0.2, 0.25) is 11.9 Å². The summed E-state index contributed by atoms with van der Waals surface area (Å²) in [6.07, 6.45) is -1.15. The molecule has 4 aromatic rings. The zero-order chi connectivity index (χ0) is 25.5. The van der Waals surface area contributed by atoms with E-state index in [1.165, 1.54) is 42.3 Å². The Labute approximate surface area is 198 Å². The molecule has 182 valence electrons. The van der Waals surface area contributed by atoms with Gasteiger partial charge in [-0.1, -0.05) is 6.07 Å². The summed E-state index contributed by atoms with van der Waals surface area (Å²) in [7, 11) is -7.55. The van der Waals surface area contributed by atoms with E-state index in [9.17, 15) is 35.4 Å². The van der Waals surface area contributed by atoms with Crippen LogP contribution in [0, 0.1) is 6.08 Å². The van der Waals surface area contributed by atoms with E-state index in [-0.39, 0.29) is 28.7 Å². The van der Waals surface area contributed by atoms with Gasteiger partial charge in [0.05, 0.1) is 9.79 Å². The first-order chi connectivity index (χ1) is 16.3. The third kappa shape index (κ3) is 5.27. The maximum absolute atomic E-state index is 14.2. The molecule has 0 spiro atoms. The average Bonchev–Trinajstić information content (AvgIpc) is 2.76. The minimum Gasteiger partial charge on any atom is -0.507 e. The Balaban J connectivity index is 1.70. The summed E-state index contributed by atoms with van der Waals surface area (Å²) >= 11 is 0. The predicted octanol–water partition coefficient (Wildman–Crippen LogP) is 2.87. The monoisotopic (exact) mass is 521 g/mol. The number of rotatable bonds is 6. The smallest absolute Gasteiger partial charge is 0.315 e. The molecule has 0 atom stereocenters. The molecule has 4 N–H and O–H groups in total. The summed E-state index contributed by atoms with van der Waals surface area (Å²) in [4.78, 5) is 11.7. The Morgan fingerprint density at radius 1 is 0.886 bits per heavy atom. The van der Waals surface area contributed by atoms with Crippen LogP contribution in [0.5, 0.6) is 5.75 Å². The molecule has 0 amide bonds. The van der Waals surface area contributed by atoms with Crippen LogP contribution in [0.2, 0.25) is 0 Å². The standard InChI is InChI=1S/C20H16FN5O7S2/c1-26(13-5-6-16-11(7-13)8-15(10-17(16)27)35(31,32)33)20-24-18(21)23-19(25-20)22-12-3-2-4-14(9-12)34(28,29)30/h2-10,27H,1H3,(H,28,29,30)(H,31,32,33)(H,22,23,24,25). The van der Waals surface area contributed by atoms with Crippen LogP contribution in [0.15, 0.2) is 64.4 Å². The number of phenols is 1. The molecule has 0 saturated heterocycles. The van der Waals surface area contributed by atoms with Crippen molar-refractivity contribution in [2.45, 2.75) is 9.79 Å². The van der Waals surface area contributed by atoms with Gasteiger partial charge in [-0.3, -0.25) is 9.11 Å². The van der Waals surface area contributed by atoms with Crippen molar-refractivity contribution in [1.82, 2.24) is 15.0 Å². The zero-order valence-corrected chi connectivity index (χ0v) is 19.3. The number of aromatic hydroxyl groups is 1. The van der Waals surface area contributed by atoms with Gasteiger partial charge in [0.25, 0.3) is 20.2 Å². The van der Waals surface area contributed by atoms with E-state index < -0.39 is 36.1 Å². The number of halogens is 1. The van der Waals surface area contributed by atoms with Gasteiger partial charge in [0.1, 0.15) is 5.75 Å². The van der Waals surface area contributed by atoms with Gasteiger partial charge in [-0.05, 0) is 47.9 Å². The van der Waals surface area contributed by atoms with Crippen molar-refractivity contribution in [3.8, 4) is 5.75 Å². The molecule has 12 nitrogen and oxygen atoms in total. The summed E-state index contributed by atoms with van der Waals surface area (Å²) in [5.74, 6) is -0.798. The van der Waals surface area contributed by atoms with Crippen molar-refractivity contribution in [2.75, 3.05) is 17.3 Å². The summed E-state index contributed by atoms with van der Waals surface area (Å²) in [6.45, 7) is 0. The van der Waals surface area contributed by atoms with E-state index in [4.69, 9.17) is 0 Å². The van der Waals surface area contributed by atoms with Crippen molar-refractivity contribution in [1.29, 1.82) is 0 Å². The highest BCUT2D eigenvalue weighted by Gasteiger charge is 2.17. The molecule has 3 aromatic carbocycles. The van der Waals surface area contributed by atoms with E-state index in [0.717, 1.165) is 18.2 Å². The highest BCUT2D eigenvalue weighted by Crippen LogP contribution is 2.33. The van der Waals surface area contributed by atoms with E-state index in [0.29, 0.717) is 11.1 Å². The van der Waals surface area contributed by atoms with Gasteiger partial charge in [-0.25, -0.2) is 0 Å². The number of benzene rings is 3. The molecule has 1 aromatic heterocycles. The fourth-order valence-corrected chi connectivity index (χ4v) is 4.26. The van der Waals surface area contributed by atoms with E-state index in [1.54, 1.807) is 6.07 Å². The molecule has 0 aliphatic heterocycles. The van der Waals surface area contributed by atoms with E-state index in [2.05, 4.69) is 20.3 Å². The van der Waals surface area contributed by atoms with Crippen molar-refractivity contribution in [3.05, 3.63) is 60.7 Å². The minimum absolute atomic E-state index is 0.151. The third-order valence-electron chi connectivity index (χ3n) is 4.86. The number of phenolic OH excluding ortho intramolecular Hbond substituents is 1. The number of anilines is 4. The first-order valence-corrected chi connectivity index (χ1v) is 12.4. The first kappa shape index (κ1) is 24.2. The molecule has 0 aliphatic carbocycles. The van der Waals surface area contributed by atoms with Crippen LogP contribution < -0.4 is 10.2 Å². The zero-order valence-electron chi connectivity index (χ0n) is 17.7. The number of hydrogen-bond donors (Lipinski definition) is 4. The third-order valence-corrected chi connectivity index (χ3v) is 6.54. The number of aromatic nitrogens is 3. The SMILES string of the molecule is CN(c1ccc2c(O)cc(S(=O)(=O)O)cc2c1)c1nc(F)nc(Nc2cccc(S(=O)(=O)O)c2)n1. The maximum Gasteiger partial charge on any atom is 0.315 e. The second kappa shape index (κ2) is 8.70.